The molecule has 0 atom stereocenters. The zero-order valence-electron chi connectivity index (χ0n) is 17.1. The Balaban J connectivity index is 1.57. The Morgan fingerprint density at radius 2 is 1.78 bits per heavy atom. The zero-order chi connectivity index (χ0) is 22.7. The Bertz CT molecular complexity index is 1170. The first kappa shape index (κ1) is 21.7. The first-order valence-corrected chi connectivity index (χ1v) is 10.5. The number of anilines is 3. The second-order valence-electron chi connectivity index (χ2n) is 7.55. The number of aryl methyl sites for hydroxylation is 1. The summed E-state index contributed by atoms with van der Waals surface area (Å²) < 4.78 is 26.7. The van der Waals surface area contributed by atoms with Crippen LogP contribution in [0.2, 0.25) is 0 Å². The molecule has 1 aliphatic rings. The summed E-state index contributed by atoms with van der Waals surface area (Å²) in [6.45, 7) is 0.209. The van der Waals surface area contributed by atoms with E-state index >= 15 is 0 Å². The van der Waals surface area contributed by atoms with E-state index in [9.17, 15) is 18.7 Å². The van der Waals surface area contributed by atoms with Crippen molar-refractivity contribution >= 4 is 40.3 Å². The Kier molecular flexibility index (Phi) is 6.32. The molecule has 4 rings (SSSR count). The molecule has 0 unspecified atom stereocenters. The van der Waals surface area contributed by atoms with E-state index in [2.05, 4.69) is 10.6 Å². The number of benzene rings is 3. The van der Waals surface area contributed by atoms with Crippen LogP contribution in [-0.2, 0) is 17.8 Å². The molecule has 3 N–H and O–H groups in total. The smallest absolute Gasteiger partial charge is 0.227 e. The quantitative estimate of drug-likeness (QED) is 0.367. The molecule has 0 aliphatic carbocycles. The molecule has 5 nitrogen and oxygen atoms in total. The summed E-state index contributed by atoms with van der Waals surface area (Å²) in [4.78, 5) is 14.3. The van der Waals surface area contributed by atoms with Crippen molar-refractivity contribution < 1.29 is 18.7 Å². The van der Waals surface area contributed by atoms with Gasteiger partial charge in [0.15, 0.2) is 5.11 Å². The fraction of sp³-hybridized carbons (Fsp3) is 0.167. The number of rotatable bonds is 4. The summed E-state index contributed by atoms with van der Waals surface area (Å²) >= 11 is 5.31. The van der Waals surface area contributed by atoms with Crippen LogP contribution in [-0.4, -0.2) is 16.1 Å². The van der Waals surface area contributed by atoms with Crippen molar-refractivity contribution in [1.82, 2.24) is 0 Å². The van der Waals surface area contributed by atoms with Gasteiger partial charge in [-0.3, -0.25) is 4.79 Å². The Labute approximate surface area is 189 Å². The molecule has 8 heteroatoms. The molecule has 164 valence electrons. The van der Waals surface area contributed by atoms with Gasteiger partial charge in [-0.2, -0.15) is 0 Å². The number of carbonyl (C=O) groups is 1. The van der Waals surface area contributed by atoms with Crippen LogP contribution >= 0.6 is 12.2 Å². The van der Waals surface area contributed by atoms with Crippen LogP contribution in [0, 0.1) is 11.6 Å². The van der Waals surface area contributed by atoms with Gasteiger partial charge in [-0.1, -0.05) is 12.1 Å². The van der Waals surface area contributed by atoms with Crippen LogP contribution < -0.4 is 15.5 Å². The van der Waals surface area contributed by atoms with Crippen molar-refractivity contribution in [3.8, 4) is 5.75 Å². The summed E-state index contributed by atoms with van der Waals surface area (Å²) in [6.07, 6.45) is 1.67. The van der Waals surface area contributed by atoms with Crippen molar-refractivity contribution in [1.29, 1.82) is 0 Å². The van der Waals surface area contributed by atoms with Gasteiger partial charge in [0.25, 0.3) is 0 Å². The fourth-order valence-corrected chi connectivity index (χ4v) is 3.91. The van der Waals surface area contributed by atoms with Crippen molar-refractivity contribution in [2.45, 2.75) is 25.8 Å². The number of phenolic OH excluding ortho intramolecular Hbond substituents is 1. The number of amides is 1. The van der Waals surface area contributed by atoms with Crippen molar-refractivity contribution in [2.75, 3.05) is 15.5 Å². The van der Waals surface area contributed by atoms with E-state index < -0.39 is 0 Å². The molecule has 1 heterocycles. The SMILES string of the molecule is O=C1CCCc2cc(NC(=S)Nc3ccc(F)cc3)c(O)cc2N1Cc1cccc(F)c1. The lowest BCUT2D eigenvalue weighted by Crippen LogP contribution is -2.29. The molecule has 32 heavy (non-hydrogen) atoms. The van der Waals surface area contributed by atoms with Crippen LogP contribution in [0.15, 0.2) is 60.7 Å². The molecule has 0 bridgehead atoms. The molecular formula is C24H21F2N3O2S. The number of halogens is 2. The highest BCUT2D eigenvalue weighted by Gasteiger charge is 2.24. The largest absolute Gasteiger partial charge is 0.506 e. The number of aromatic hydroxyl groups is 1. The summed E-state index contributed by atoms with van der Waals surface area (Å²) in [6, 6.07) is 15.1. The lowest BCUT2D eigenvalue weighted by atomic mass is 10.1. The van der Waals surface area contributed by atoms with Gasteiger partial charge in [0.05, 0.1) is 17.9 Å². The van der Waals surface area contributed by atoms with E-state index in [4.69, 9.17) is 12.2 Å². The molecule has 3 aromatic rings. The summed E-state index contributed by atoms with van der Waals surface area (Å²) in [5.41, 5.74) is 3.13. The van der Waals surface area contributed by atoms with Crippen molar-refractivity contribution in [2.24, 2.45) is 0 Å². The van der Waals surface area contributed by atoms with Gasteiger partial charge >= 0.3 is 0 Å². The van der Waals surface area contributed by atoms with Crippen LogP contribution in [0.3, 0.4) is 0 Å². The summed E-state index contributed by atoms with van der Waals surface area (Å²) in [5.74, 6) is -0.878. The second-order valence-corrected chi connectivity index (χ2v) is 7.96. The standard InChI is InChI=1S/C24H21F2N3O2S/c25-17-7-9-19(10-8-17)27-24(32)28-20-12-16-4-2-6-23(31)29(21(16)13-22(20)30)14-15-3-1-5-18(26)11-15/h1,3,5,7-13,30H,2,4,6,14H2,(H2,27,28,32). The van der Waals surface area contributed by atoms with E-state index in [-0.39, 0.29) is 34.9 Å². The Hall–Kier alpha value is -3.52. The van der Waals surface area contributed by atoms with Gasteiger partial charge in [-0.25, -0.2) is 8.78 Å². The number of carbonyl (C=O) groups excluding carboxylic acids is 1. The Morgan fingerprint density at radius 1 is 1.00 bits per heavy atom. The molecule has 0 spiro atoms. The lowest BCUT2D eigenvalue weighted by Gasteiger charge is -2.24. The third-order valence-electron chi connectivity index (χ3n) is 5.21. The molecule has 1 aliphatic heterocycles. The van der Waals surface area contributed by atoms with Crippen LogP contribution in [0.5, 0.6) is 5.75 Å². The van der Waals surface area contributed by atoms with E-state index in [0.717, 1.165) is 5.56 Å². The van der Waals surface area contributed by atoms with Crippen LogP contribution in [0.4, 0.5) is 25.8 Å². The summed E-state index contributed by atoms with van der Waals surface area (Å²) in [7, 11) is 0. The normalized spacial score (nSPS) is 13.3. The maximum Gasteiger partial charge on any atom is 0.227 e. The van der Waals surface area contributed by atoms with Gasteiger partial charge in [0.1, 0.15) is 17.4 Å². The average molecular weight is 454 g/mol. The number of nitrogens with one attached hydrogen (secondary N) is 2. The third-order valence-corrected chi connectivity index (χ3v) is 5.41. The molecule has 0 saturated carbocycles. The molecule has 0 radical (unpaired) electrons. The molecule has 0 saturated heterocycles. The van der Waals surface area contributed by atoms with E-state index in [1.165, 1.54) is 30.3 Å². The van der Waals surface area contributed by atoms with Crippen molar-refractivity contribution in [3.05, 3.63) is 83.4 Å². The monoisotopic (exact) mass is 453 g/mol. The van der Waals surface area contributed by atoms with E-state index in [0.29, 0.717) is 41.9 Å². The predicted molar refractivity (Wildman–Crippen MR) is 125 cm³/mol. The van der Waals surface area contributed by atoms with Crippen LogP contribution in [0.25, 0.3) is 0 Å². The molecule has 0 aromatic heterocycles. The minimum Gasteiger partial charge on any atom is -0.506 e. The third kappa shape index (κ3) is 5.03. The number of thiocarbonyl (C=S) groups is 1. The number of hydrogen-bond acceptors (Lipinski definition) is 3. The summed E-state index contributed by atoms with van der Waals surface area (Å²) in [5, 5.41) is 16.7. The first-order valence-electron chi connectivity index (χ1n) is 10.1. The maximum absolute atomic E-state index is 13.6. The fourth-order valence-electron chi connectivity index (χ4n) is 3.68. The van der Waals surface area contributed by atoms with Crippen LogP contribution in [0.1, 0.15) is 24.0 Å². The molecule has 0 fully saturated rings. The lowest BCUT2D eigenvalue weighted by molar-refractivity contribution is -0.118. The average Bonchev–Trinajstić information content (AvgIpc) is 2.89. The molecule has 3 aromatic carbocycles. The highest BCUT2D eigenvalue weighted by atomic mass is 32.1. The number of hydrogen-bond donors (Lipinski definition) is 3. The van der Waals surface area contributed by atoms with Gasteiger partial charge in [-0.15, -0.1) is 0 Å². The minimum atomic E-state index is -0.366. The van der Waals surface area contributed by atoms with Gasteiger partial charge in [0, 0.05) is 18.2 Å². The van der Waals surface area contributed by atoms with Gasteiger partial charge < -0.3 is 20.6 Å². The van der Waals surface area contributed by atoms with Gasteiger partial charge in [-0.05, 0) is 78.7 Å². The highest BCUT2D eigenvalue weighted by molar-refractivity contribution is 7.80. The number of nitrogens with zero attached hydrogens (tertiary/aromatic N) is 1. The van der Waals surface area contributed by atoms with E-state index in [1.807, 2.05) is 0 Å². The highest BCUT2D eigenvalue weighted by Crippen LogP contribution is 2.36. The number of phenols is 1. The minimum absolute atomic E-state index is 0.0778. The van der Waals surface area contributed by atoms with Crippen molar-refractivity contribution in [3.63, 3.8) is 0 Å². The van der Waals surface area contributed by atoms with E-state index in [1.54, 1.807) is 35.2 Å². The second kappa shape index (κ2) is 9.32. The van der Waals surface area contributed by atoms with Gasteiger partial charge in [0.2, 0.25) is 5.91 Å². The predicted octanol–water partition coefficient (Wildman–Crippen LogP) is 5.35. The molecular weight excluding hydrogens is 432 g/mol. The number of fused-ring (bicyclic) bond motifs is 1. The Morgan fingerprint density at radius 3 is 2.53 bits per heavy atom. The maximum atomic E-state index is 13.6. The molecule has 1 amide bonds. The topological polar surface area (TPSA) is 64.6 Å². The zero-order valence-corrected chi connectivity index (χ0v) is 17.9. The first-order chi connectivity index (χ1) is 15.4.